The summed E-state index contributed by atoms with van der Waals surface area (Å²) in [6, 6.07) is 3.18. The Balaban J connectivity index is 2.82. The first kappa shape index (κ1) is 14.6. The van der Waals surface area contributed by atoms with Gasteiger partial charge in [0.15, 0.2) is 0 Å². The molecule has 1 rings (SSSR count). The number of carbonyl (C=O) groups excluding carboxylic acids is 1. The first-order chi connectivity index (χ1) is 7.97. The third-order valence-electron chi connectivity index (χ3n) is 2.15. The number of hydrogen-bond donors (Lipinski definition) is 2. The van der Waals surface area contributed by atoms with Crippen molar-refractivity contribution in [1.29, 1.82) is 0 Å². The maximum atomic E-state index is 11.6. The molecule has 0 saturated heterocycles. The van der Waals surface area contributed by atoms with Crippen molar-refractivity contribution >= 4 is 50.7 Å². The van der Waals surface area contributed by atoms with E-state index in [1.807, 2.05) is 6.92 Å². The molecule has 0 aliphatic rings. The molecule has 0 radical (unpaired) electrons. The molecular formula is C11H13BrCl2N2O. The van der Waals surface area contributed by atoms with Crippen LogP contribution in [-0.4, -0.2) is 18.5 Å². The van der Waals surface area contributed by atoms with Gasteiger partial charge in [0.1, 0.15) is 6.04 Å². The molecule has 2 N–H and O–H groups in total. The zero-order valence-electron chi connectivity index (χ0n) is 9.48. The first-order valence-corrected chi connectivity index (χ1v) is 6.70. The van der Waals surface area contributed by atoms with Crippen molar-refractivity contribution in [2.45, 2.75) is 19.9 Å². The van der Waals surface area contributed by atoms with E-state index >= 15 is 0 Å². The molecule has 1 aromatic rings. The zero-order valence-corrected chi connectivity index (χ0v) is 12.6. The number of likely N-dealkylation sites (N-methyl/N-ethyl adjacent to an activating group) is 1. The van der Waals surface area contributed by atoms with Gasteiger partial charge in [-0.25, -0.2) is 0 Å². The van der Waals surface area contributed by atoms with Gasteiger partial charge in [0, 0.05) is 11.0 Å². The third-order valence-corrected chi connectivity index (χ3v) is 3.92. The van der Waals surface area contributed by atoms with Crippen LogP contribution in [0.3, 0.4) is 0 Å². The molecular weight excluding hydrogens is 327 g/mol. The molecule has 0 saturated carbocycles. The summed E-state index contributed by atoms with van der Waals surface area (Å²) in [6.45, 7) is 4.23. The molecule has 1 unspecified atom stereocenters. The van der Waals surface area contributed by atoms with Gasteiger partial charge in [-0.1, -0.05) is 23.2 Å². The van der Waals surface area contributed by atoms with Crippen LogP contribution in [0.25, 0.3) is 0 Å². The van der Waals surface area contributed by atoms with E-state index in [0.29, 0.717) is 22.3 Å². The van der Waals surface area contributed by atoms with Crippen LogP contribution in [0.4, 0.5) is 5.69 Å². The second-order valence-electron chi connectivity index (χ2n) is 3.48. The Morgan fingerprint density at radius 2 is 2.06 bits per heavy atom. The highest BCUT2D eigenvalue weighted by molar-refractivity contribution is 9.10. The summed E-state index contributed by atoms with van der Waals surface area (Å²) in [5.74, 6) is -0.0809. The fraction of sp³-hybridized carbons (Fsp3) is 0.364. The Kier molecular flexibility index (Phi) is 5.56. The number of carbonyl (C=O) groups is 1. The number of hydrogen-bond acceptors (Lipinski definition) is 2. The maximum Gasteiger partial charge on any atom is 0.242 e. The lowest BCUT2D eigenvalue weighted by molar-refractivity contribution is -0.121. The molecule has 17 heavy (non-hydrogen) atoms. The van der Waals surface area contributed by atoms with Crippen LogP contribution in [0.5, 0.6) is 0 Å². The smallest absolute Gasteiger partial charge is 0.242 e. The monoisotopic (exact) mass is 338 g/mol. The van der Waals surface area contributed by atoms with E-state index in [1.54, 1.807) is 19.1 Å². The zero-order chi connectivity index (χ0) is 13.0. The van der Waals surface area contributed by atoms with Gasteiger partial charge >= 0.3 is 0 Å². The van der Waals surface area contributed by atoms with Gasteiger partial charge in [0.25, 0.3) is 0 Å². The molecule has 0 aliphatic heterocycles. The molecule has 6 heteroatoms. The van der Waals surface area contributed by atoms with E-state index in [2.05, 4.69) is 26.6 Å². The lowest BCUT2D eigenvalue weighted by Gasteiger charge is -2.16. The van der Waals surface area contributed by atoms with Crippen LogP contribution in [0.15, 0.2) is 16.6 Å². The van der Waals surface area contributed by atoms with Gasteiger partial charge in [0.2, 0.25) is 5.91 Å². The predicted octanol–water partition coefficient (Wildman–Crippen LogP) is 3.69. The number of amides is 1. The molecule has 1 aromatic carbocycles. The quantitative estimate of drug-likeness (QED) is 0.821. The third kappa shape index (κ3) is 3.76. The van der Waals surface area contributed by atoms with Crippen molar-refractivity contribution in [1.82, 2.24) is 5.32 Å². The van der Waals surface area contributed by atoms with Crippen LogP contribution < -0.4 is 10.6 Å². The minimum Gasteiger partial charge on any atom is -0.373 e. The van der Waals surface area contributed by atoms with E-state index in [-0.39, 0.29) is 11.9 Å². The van der Waals surface area contributed by atoms with Crippen LogP contribution in [0.2, 0.25) is 10.0 Å². The largest absolute Gasteiger partial charge is 0.373 e. The average Bonchev–Trinajstić information content (AvgIpc) is 2.30. The Morgan fingerprint density at radius 1 is 1.41 bits per heavy atom. The number of nitrogens with one attached hydrogen (secondary N) is 2. The lowest BCUT2D eigenvalue weighted by atomic mass is 10.2. The van der Waals surface area contributed by atoms with Gasteiger partial charge in [-0.05, 0) is 41.9 Å². The van der Waals surface area contributed by atoms with Crippen molar-refractivity contribution in [3.8, 4) is 0 Å². The van der Waals surface area contributed by atoms with E-state index in [0.717, 1.165) is 4.47 Å². The lowest BCUT2D eigenvalue weighted by Crippen LogP contribution is -2.37. The number of halogens is 3. The van der Waals surface area contributed by atoms with E-state index < -0.39 is 0 Å². The molecule has 0 spiro atoms. The molecule has 3 nitrogen and oxygen atoms in total. The summed E-state index contributed by atoms with van der Waals surface area (Å²) < 4.78 is 0.723. The molecule has 0 heterocycles. The van der Waals surface area contributed by atoms with Crippen LogP contribution in [0, 0.1) is 0 Å². The molecule has 94 valence electrons. The number of anilines is 1. The summed E-state index contributed by atoms with van der Waals surface area (Å²) in [4.78, 5) is 11.6. The van der Waals surface area contributed by atoms with Crippen molar-refractivity contribution in [2.75, 3.05) is 11.9 Å². The summed E-state index contributed by atoms with van der Waals surface area (Å²) in [5, 5.41) is 6.57. The maximum absolute atomic E-state index is 11.6. The first-order valence-electron chi connectivity index (χ1n) is 5.15. The Labute approximate surface area is 119 Å². The highest BCUT2D eigenvalue weighted by Crippen LogP contribution is 2.35. The van der Waals surface area contributed by atoms with Crippen LogP contribution in [-0.2, 0) is 4.79 Å². The fourth-order valence-corrected chi connectivity index (χ4v) is 2.09. The molecule has 1 amide bonds. The molecule has 1 atom stereocenters. The Hall–Kier alpha value is -0.450. The second kappa shape index (κ2) is 6.47. The standard InChI is InChI=1S/C11H13BrCl2N2O/c1-3-15-11(17)6(2)16-8-5-4-7(12)9(13)10(8)14/h4-6,16H,3H2,1-2H3,(H,15,17). The van der Waals surface area contributed by atoms with Gasteiger partial charge in [-0.3, -0.25) is 4.79 Å². The molecule has 0 aromatic heterocycles. The van der Waals surface area contributed by atoms with E-state index in [9.17, 15) is 4.79 Å². The predicted molar refractivity (Wildman–Crippen MR) is 75.9 cm³/mol. The summed E-state index contributed by atoms with van der Waals surface area (Å²) in [7, 11) is 0. The highest BCUT2D eigenvalue weighted by atomic mass is 79.9. The summed E-state index contributed by atoms with van der Waals surface area (Å²) in [5.41, 5.74) is 0.638. The topological polar surface area (TPSA) is 41.1 Å². The second-order valence-corrected chi connectivity index (χ2v) is 5.09. The van der Waals surface area contributed by atoms with Crippen molar-refractivity contribution in [3.63, 3.8) is 0 Å². The van der Waals surface area contributed by atoms with Crippen LogP contribution in [0.1, 0.15) is 13.8 Å². The number of benzene rings is 1. The normalized spacial score (nSPS) is 12.1. The number of rotatable bonds is 4. The van der Waals surface area contributed by atoms with Gasteiger partial charge in [0.05, 0.1) is 15.7 Å². The SMILES string of the molecule is CCNC(=O)C(C)Nc1ccc(Br)c(Cl)c1Cl. The van der Waals surface area contributed by atoms with Crippen LogP contribution >= 0.6 is 39.1 Å². The van der Waals surface area contributed by atoms with E-state index in [1.165, 1.54) is 0 Å². The highest BCUT2D eigenvalue weighted by Gasteiger charge is 2.15. The summed E-state index contributed by atoms with van der Waals surface area (Å²) in [6.07, 6.45) is 0. The van der Waals surface area contributed by atoms with Crippen molar-refractivity contribution in [2.24, 2.45) is 0 Å². The molecule has 0 aliphatic carbocycles. The average molecular weight is 340 g/mol. The van der Waals surface area contributed by atoms with E-state index in [4.69, 9.17) is 23.2 Å². The van der Waals surface area contributed by atoms with Gasteiger partial charge in [-0.2, -0.15) is 0 Å². The minimum absolute atomic E-state index is 0.0809. The Bertz CT molecular complexity index is 426. The van der Waals surface area contributed by atoms with Gasteiger partial charge < -0.3 is 10.6 Å². The minimum atomic E-state index is -0.371. The van der Waals surface area contributed by atoms with Crippen molar-refractivity contribution < 1.29 is 4.79 Å². The Morgan fingerprint density at radius 3 is 2.65 bits per heavy atom. The van der Waals surface area contributed by atoms with Crippen molar-refractivity contribution in [3.05, 3.63) is 26.7 Å². The fourth-order valence-electron chi connectivity index (χ4n) is 1.26. The summed E-state index contributed by atoms with van der Waals surface area (Å²) >= 11 is 15.3. The molecule has 0 fully saturated rings. The van der Waals surface area contributed by atoms with Gasteiger partial charge in [-0.15, -0.1) is 0 Å². The molecule has 0 bridgehead atoms.